The molecule has 0 aromatic carbocycles. The van der Waals surface area contributed by atoms with Gasteiger partial charge in [-0.1, -0.05) is 0 Å². The van der Waals surface area contributed by atoms with Gasteiger partial charge in [0.15, 0.2) is 0 Å². The molecule has 0 fully saturated rings. The summed E-state index contributed by atoms with van der Waals surface area (Å²) in [6.07, 6.45) is 17.8. The van der Waals surface area contributed by atoms with E-state index in [9.17, 15) is 3.02 Å². The minimum atomic E-state index is -4.81. The summed E-state index contributed by atoms with van der Waals surface area (Å²) in [5.74, 6) is 0. The van der Waals surface area contributed by atoms with Gasteiger partial charge < -0.3 is 0 Å². The van der Waals surface area contributed by atoms with Crippen molar-refractivity contribution in [3.8, 4) is 0 Å². The summed E-state index contributed by atoms with van der Waals surface area (Å²) in [5, 5.41) is 0. The van der Waals surface area contributed by atoms with Crippen molar-refractivity contribution in [3.05, 3.63) is 0 Å². The van der Waals surface area contributed by atoms with Crippen LogP contribution in [0.1, 0.15) is 0 Å². The molecule has 0 atom stereocenters. The Kier molecular flexibility index (Phi) is 13.4. The molecule has 0 aliphatic carbocycles. The summed E-state index contributed by atoms with van der Waals surface area (Å²) in [6.45, 7) is 0. The van der Waals surface area contributed by atoms with Gasteiger partial charge in [-0.3, -0.25) is 0 Å². The van der Waals surface area contributed by atoms with E-state index in [2.05, 4.69) is 0 Å². The quantitative estimate of drug-likeness (QED) is 0.178. The van der Waals surface area contributed by atoms with Crippen molar-refractivity contribution < 1.29 is 10.4 Å². The molecular weight excluding hydrogens is 582 g/mol. The summed E-state index contributed by atoms with van der Waals surface area (Å²) < 4.78 is 32.0. The molecule has 0 aliphatic heterocycles. The maximum atomic E-state index is 13.6. The molecule has 0 aromatic rings. The Morgan fingerprint density at radius 3 is 0.870 bits per heavy atom. The molecule has 0 bridgehead atoms. The van der Waals surface area contributed by atoms with E-state index in [0.717, 1.165) is 0 Å². The second-order valence-electron chi connectivity index (χ2n) is 3.78. The first-order chi connectivity index (χ1) is 10.5. The Labute approximate surface area is 174 Å². The van der Waals surface area contributed by atoms with Crippen molar-refractivity contribution in [1.29, 1.82) is 0 Å². The summed E-state index contributed by atoms with van der Waals surface area (Å²) in [5.41, 5.74) is 0. The van der Waals surface area contributed by atoms with E-state index < -0.39 is 45.2 Å². The van der Waals surface area contributed by atoms with Crippen LogP contribution in [0.2, 0.25) is 0 Å². The fourth-order valence-corrected chi connectivity index (χ4v) is 37.8. The molecule has 0 rings (SSSR count). The van der Waals surface area contributed by atoms with Crippen molar-refractivity contribution in [2.75, 3.05) is 56.3 Å². The number of rotatable bonds is 12. The zero-order valence-electron chi connectivity index (χ0n) is 14.8. The van der Waals surface area contributed by atoms with Gasteiger partial charge in [0, 0.05) is 0 Å². The average Bonchev–Trinajstić information content (AvgIpc) is 2.53. The van der Waals surface area contributed by atoms with Gasteiger partial charge in [-0.2, -0.15) is 0 Å². The Balaban J connectivity index is 5.65. The standard InChI is InChI=1S/3C3H10OS3.O.Sb/c3*1-5-7(3,4)6-2;;/h3*4H,1-3H3;;/q;;;;+3/p-3. The first-order valence-electron chi connectivity index (χ1n) is 5.90. The van der Waals surface area contributed by atoms with Crippen LogP contribution in [0, 0.1) is 0 Å². The van der Waals surface area contributed by atoms with Crippen LogP contribution < -0.4 is 0 Å². The molecule has 4 nitrogen and oxygen atoms in total. The molecule has 0 saturated carbocycles. The van der Waals surface area contributed by atoms with Gasteiger partial charge in [0.05, 0.1) is 0 Å². The van der Waals surface area contributed by atoms with Gasteiger partial charge in [0.2, 0.25) is 0 Å². The zero-order valence-corrected chi connectivity index (χ0v) is 24.7. The Morgan fingerprint density at radius 1 is 0.565 bits per heavy atom. The van der Waals surface area contributed by atoms with E-state index in [1.54, 1.807) is 64.8 Å². The van der Waals surface area contributed by atoms with Crippen molar-refractivity contribution in [3.63, 3.8) is 0 Å². The van der Waals surface area contributed by atoms with Gasteiger partial charge in [0.1, 0.15) is 0 Å². The van der Waals surface area contributed by atoms with Crippen molar-refractivity contribution in [2.24, 2.45) is 0 Å². The monoisotopic (exact) mass is 608 g/mol. The van der Waals surface area contributed by atoms with Gasteiger partial charge >= 0.3 is 177 Å². The van der Waals surface area contributed by atoms with Crippen LogP contribution in [0.15, 0.2) is 0 Å². The van der Waals surface area contributed by atoms with Crippen molar-refractivity contribution >= 4 is 110 Å². The molecule has 14 heteroatoms. The number of hydrogen-bond acceptors (Lipinski definition) is 10. The molecule has 0 spiro atoms. The molecule has 0 aromatic heterocycles. The second kappa shape index (κ2) is 11.6. The SMILES string of the molecule is CSS(C)([O][Sb](=[O])([O]S(C)(SC)SC)[O]S(C)(SC)SC)SC. The Bertz CT molecular complexity index is 343. The molecule has 0 amide bonds. The van der Waals surface area contributed by atoms with Gasteiger partial charge in [0.25, 0.3) is 0 Å². The average molecular weight is 610 g/mol. The van der Waals surface area contributed by atoms with Crippen molar-refractivity contribution in [2.45, 2.75) is 0 Å². The van der Waals surface area contributed by atoms with E-state index in [1.807, 2.05) is 56.3 Å². The molecule has 146 valence electrons. The molecular formula is C9H27O4S9Sb. The molecule has 0 radical (unpaired) electrons. The number of hydrogen-bond donors (Lipinski definition) is 0. The van der Waals surface area contributed by atoms with Gasteiger partial charge in [-0.05, 0) is 0 Å². The van der Waals surface area contributed by atoms with E-state index in [-0.39, 0.29) is 0 Å². The van der Waals surface area contributed by atoms with E-state index in [4.69, 9.17) is 7.38 Å². The topological polar surface area (TPSA) is 44.8 Å². The predicted octanol–water partition coefficient (Wildman–Crippen LogP) is 6.62. The third kappa shape index (κ3) is 9.12. The summed E-state index contributed by atoms with van der Waals surface area (Å²) in [6, 6.07) is 0. The van der Waals surface area contributed by atoms with Gasteiger partial charge in [-0.15, -0.1) is 0 Å². The summed E-state index contributed by atoms with van der Waals surface area (Å²) in [7, 11) is 4.72. The molecule has 0 N–H and O–H groups in total. The minimum absolute atomic E-state index is 1.59. The van der Waals surface area contributed by atoms with Crippen LogP contribution >= 0.6 is 89.9 Å². The van der Waals surface area contributed by atoms with E-state index in [1.165, 1.54) is 0 Å². The first-order valence-corrected chi connectivity index (χ1v) is 26.4. The van der Waals surface area contributed by atoms with Crippen molar-refractivity contribution in [1.82, 2.24) is 0 Å². The van der Waals surface area contributed by atoms with Crippen LogP contribution in [0.4, 0.5) is 0 Å². The fourth-order valence-electron chi connectivity index (χ4n) is 0.921. The van der Waals surface area contributed by atoms with Crippen LogP contribution in [0.25, 0.3) is 0 Å². The molecule has 0 unspecified atom stereocenters. The molecule has 0 heterocycles. The summed E-state index contributed by atoms with van der Waals surface area (Å²) >= 11 is -4.81. The Hall–Kier alpha value is 3.65. The maximum absolute atomic E-state index is 13.6. The normalized spacial score (nSPS) is 16.4. The van der Waals surface area contributed by atoms with Gasteiger partial charge in [-0.25, -0.2) is 0 Å². The third-order valence-corrected chi connectivity index (χ3v) is 44.7. The van der Waals surface area contributed by atoms with Crippen LogP contribution in [0.3, 0.4) is 0 Å². The first kappa shape index (κ1) is 26.6. The second-order valence-corrected chi connectivity index (χ2v) is 36.2. The molecule has 0 saturated heterocycles. The van der Waals surface area contributed by atoms with Crippen LogP contribution in [-0.2, 0) is 10.4 Å². The van der Waals surface area contributed by atoms with E-state index in [0.29, 0.717) is 0 Å². The predicted molar refractivity (Wildman–Crippen MR) is 131 cm³/mol. The third-order valence-electron chi connectivity index (χ3n) is 2.50. The van der Waals surface area contributed by atoms with Crippen LogP contribution in [-0.4, -0.2) is 76.4 Å². The van der Waals surface area contributed by atoms with E-state index >= 15 is 0 Å². The fraction of sp³-hybridized carbons (Fsp3) is 1.00. The zero-order chi connectivity index (χ0) is 18.4. The molecule has 0 aliphatic rings. The van der Waals surface area contributed by atoms with Crippen LogP contribution in [0.5, 0.6) is 0 Å². The molecule has 23 heavy (non-hydrogen) atoms. The summed E-state index contributed by atoms with van der Waals surface area (Å²) in [4.78, 5) is 0. The Morgan fingerprint density at radius 2 is 0.739 bits per heavy atom.